The molecule has 1 fully saturated rings. The summed E-state index contributed by atoms with van der Waals surface area (Å²) in [6.07, 6.45) is 12.5. The first-order valence-electron chi connectivity index (χ1n) is 9.12. The average molecular weight is 370 g/mol. The fourth-order valence-corrected chi connectivity index (χ4v) is 3.56. The van der Waals surface area contributed by atoms with Crippen molar-refractivity contribution in [3.8, 4) is 12.5 Å². The van der Waals surface area contributed by atoms with Crippen molar-refractivity contribution < 1.29 is 0 Å². The van der Waals surface area contributed by atoms with Crippen molar-refractivity contribution in [2.24, 2.45) is 10.9 Å². The van der Waals surface area contributed by atoms with Gasteiger partial charge in [-0.15, -0.1) is 0 Å². The van der Waals surface area contributed by atoms with Gasteiger partial charge in [0.1, 0.15) is 5.16 Å². The van der Waals surface area contributed by atoms with E-state index in [0.717, 1.165) is 43.9 Å². The Morgan fingerprint density at radius 1 is 1.50 bits per heavy atom. The number of terminal acetylenes is 1. The molecule has 0 aliphatic carbocycles. The highest BCUT2D eigenvalue weighted by atomic mass is 35.5. The molecule has 0 amide bonds. The van der Waals surface area contributed by atoms with Crippen LogP contribution < -0.4 is 4.90 Å². The molecule has 1 atom stereocenters. The Kier molecular flexibility index (Phi) is 7.81. The summed E-state index contributed by atoms with van der Waals surface area (Å²) in [5.41, 5.74) is 3.36. The maximum absolute atomic E-state index is 6.30. The second kappa shape index (κ2) is 10.1. The molecule has 0 radical (unpaired) electrons. The third kappa shape index (κ3) is 5.41. The van der Waals surface area contributed by atoms with Crippen molar-refractivity contribution in [3.63, 3.8) is 0 Å². The molecule has 0 saturated carbocycles. The van der Waals surface area contributed by atoms with Crippen LogP contribution in [0, 0.1) is 25.3 Å². The lowest BCUT2D eigenvalue weighted by Crippen LogP contribution is -2.36. The van der Waals surface area contributed by atoms with Crippen LogP contribution in [-0.2, 0) is 0 Å². The number of nitrogens with zero attached hydrogens (tertiary/aromatic N) is 3. The molecule has 1 aromatic rings. The fraction of sp³-hybridized carbons (Fsp3) is 0.409. The van der Waals surface area contributed by atoms with E-state index < -0.39 is 0 Å². The van der Waals surface area contributed by atoms with E-state index in [4.69, 9.17) is 18.0 Å². The lowest BCUT2D eigenvalue weighted by molar-refractivity contribution is 0.210. The summed E-state index contributed by atoms with van der Waals surface area (Å²) in [5.74, 6) is 0.603. The molecule has 0 bridgehead atoms. The van der Waals surface area contributed by atoms with E-state index in [1.54, 1.807) is 12.3 Å². The Bertz CT molecular complexity index is 714. The van der Waals surface area contributed by atoms with E-state index in [9.17, 15) is 0 Å². The Hall–Kier alpha value is -2.18. The minimum Gasteiger partial charge on any atom is -0.372 e. The Morgan fingerprint density at radius 3 is 2.96 bits per heavy atom. The highest BCUT2D eigenvalue weighted by Crippen LogP contribution is 2.26. The Morgan fingerprint density at radius 2 is 2.27 bits per heavy atom. The van der Waals surface area contributed by atoms with Crippen LogP contribution in [0.4, 0.5) is 5.69 Å². The Balaban J connectivity index is 1.98. The number of anilines is 1. The van der Waals surface area contributed by atoms with Crippen molar-refractivity contribution in [2.45, 2.75) is 33.1 Å². The van der Waals surface area contributed by atoms with E-state index in [0.29, 0.717) is 11.1 Å². The molecule has 3 nitrogen and oxygen atoms in total. The van der Waals surface area contributed by atoms with E-state index >= 15 is 0 Å². The number of likely N-dealkylation sites (tertiary alicyclic amines) is 1. The largest absolute Gasteiger partial charge is 0.372 e. The van der Waals surface area contributed by atoms with Gasteiger partial charge in [0.05, 0.1) is 5.69 Å². The maximum Gasteiger partial charge on any atom is 0.147 e. The highest BCUT2D eigenvalue weighted by molar-refractivity contribution is 6.30. The third-order valence-corrected chi connectivity index (χ3v) is 5.28. The SMILES string of the molecule is C#CN(CCC1CCCN(/C(C)=C(Cl)/N=C\C=C)C1)c1ccccc1C. The normalized spacial score (nSPS) is 18.4. The zero-order valence-electron chi connectivity index (χ0n) is 15.8. The second-order valence-electron chi connectivity index (χ2n) is 6.70. The Labute approximate surface area is 163 Å². The molecule has 1 unspecified atom stereocenters. The van der Waals surface area contributed by atoms with Crippen molar-refractivity contribution in [3.05, 3.63) is 53.3 Å². The van der Waals surface area contributed by atoms with Gasteiger partial charge in [0.25, 0.3) is 0 Å². The van der Waals surface area contributed by atoms with Crippen LogP contribution in [0.25, 0.3) is 0 Å². The first kappa shape index (κ1) is 20.1. The molecule has 0 spiro atoms. The van der Waals surface area contributed by atoms with Crippen molar-refractivity contribution in [1.29, 1.82) is 0 Å². The zero-order valence-corrected chi connectivity index (χ0v) is 16.5. The molecule has 1 aliphatic rings. The smallest absolute Gasteiger partial charge is 0.147 e. The summed E-state index contributed by atoms with van der Waals surface area (Å²) < 4.78 is 0. The number of aryl methyl sites for hydroxylation is 1. The van der Waals surface area contributed by atoms with E-state index in [-0.39, 0.29) is 0 Å². The number of hydrogen-bond donors (Lipinski definition) is 0. The summed E-state index contributed by atoms with van der Waals surface area (Å²) >= 11 is 6.30. The van der Waals surface area contributed by atoms with Gasteiger partial charge in [-0.2, -0.15) is 0 Å². The van der Waals surface area contributed by atoms with Crippen LogP contribution in [0.5, 0.6) is 0 Å². The van der Waals surface area contributed by atoms with E-state index in [1.807, 2.05) is 24.0 Å². The topological polar surface area (TPSA) is 18.8 Å². The van der Waals surface area contributed by atoms with Gasteiger partial charge in [0.15, 0.2) is 0 Å². The summed E-state index contributed by atoms with van der Waals surface area (Å²) in [7, 11) is 0. The maximum atomic E-state index is 6.30. The standard InChI is InChI=1S/C22H28ClN3/c1-5-14-24-22(23)19(4)26-15-9-11-20(17-26)13-16-25(6-2)21-12-8-7-10-18(21)3/h2,5,7-8,10,12,14,20H,1,9,11,13,15-17H2,3-4H3/b22-19+,24-14-. The minimum atomic E-state index is 0.538. The minimum absolute atomic E-state index is 0.538. The van der Waals surface area contributed by atoms with Crippen molar-refractivity contribution in [2.75, 3.05) is 24.5 Å². The number of benzene rings is 1. The molecule has 4 heteroatoms. The van der Waals surface area contributed by atoms with Gasteiger partial charge in [-0.3, -0.25) is 0 Å². The molecule has 0 N–H and O–H groups in total. The van der Waals surface area contributed by atoms with Crippen LogP contribution in [0.2, 0.25) is 0 Å². The van der Waals surface area contributed by atoms with Crippen LogP contribution in [0.1, 0.15) is 31.7 Å². The number of rotatable bonds is 7. The van der Waals surface area contributed by atoms with Gasteiger partial charge in [-0.1, -0.05) is 48.9 Å². The van der Waals surface area contributed by atoms with Crippen LogP contribution in [-0.4, -0.2) is 30.7 Å². The van der Waals surface area contributed by atoms with E-state index in [1.165, 1.54) is 12.0 Å². The van der Waals surface area contributed by atoms with Crippen LogP contribution >= 0.6 is 11.6 Å². The molecular weight excluding hydrogens is 342 g/mol. The number of aliphatic imine (C=N–C) groups is 1. The average Bonchev–Trinajstić information content (AvgIpc) is 2.67. The van der Waals surface area contributed by atoms with Gasteiger partial charge in [-0.25, -0.2) is 4.99 Å². The molecule has 26 heavy (non-hydrogen) atoms. The predicted molar refractivity (Wildman–Crippen MR) is 114 cm³/mol. The van der Waals surface area contributed by atoms with Gasteiger partial charge in [0.2, 0.25) is 0 Å². The molecule has 1 heterocycles. The summed E-state index contributed by atoms with van der Waals surface area (Å²) in [4.78, 5) is 8.57. The number of allylic oxidation sites excluding steroid dienone is 2. The molecule has 1 aromatic carbocycles. The van der Waals surface area contributed by atoms with E-state index in [2.05, 4.69) is 41.6 Å². The van der Waals surface area contributed by atoms with Crippen molar-refractivity contribution >= 4 is 23.5 Å². The third-order valence-electron chi connectivity index (χ3n) is 4.91. The lowest BCUT2D eigenvalue weighted by atomic mass is 9.94. The van der Waals surface area contributed by atoms with Crippen LogP contribution in [0.3, 0.4) is 0 Å². The van der Waals surface area contributed by atoms with Gasteiger partial charge < -0.3 is 9.80 Å². The van der Waals surface area contributed by atoms with Gasteiger partial charge >= 0.3 is 0 Å². The quantitative estimate of drug-likeness (QED) is 0.285. The first-order valence-corrected chi connectivity index (χ1v) is 9.50. The number of halogens is 1. The van der Waals surface area contributed by atoms with Gasteiger partial charge in [0, 0.05) is 37.6 Å². The molecule has 2 rings (SSSR count). The molecule has 1 saturated heterocycles. The highest BCUT2D eigenvalue weighted by Gasteiger charge is 2.22. The fourth-order valence-electron chi connectivity index (χ4n) is 3.38. The lowest BCUT2D eigenvalue weighted by Gasteiger charge is -2.35. The first-order chi connectivity index (χ1) is 12.6. The molecule has 138 valence electrons. The summed E-state index contributed by atoms with van der Waals surface area (Å²) in [6.45, 7) is 10.7. The summed E-state index contributed by atoms with van der Waals surface area (Å²) in [5, 5.41) is 0.538. The van der Waals surface area contributed by atoms with Crippen LogP contribution in [0.15, 0.2) is 52.8 Å². The predicted octanol–water partition coefficient (Wildman–Crippen LogP) is 5.18. The molecule has 0 aromatic heterocycles. The second-order valence-corrected chi connectivity index (χ2v) is 7.06. The van der Waals surface area contributed by atoms with Gasteiger partial charge in [-0.05, 0) is 50.7 Å². The number of para-hydroxylation sites is 1. The number of hydrogen-bond acceptors (Lipinski definition) is 3. The monoisotopic (exact) mass is 369 g/mol. The zero-order chi connectivity index (χ0) is 18.9. The summed E-state index contributed by atoms with van der Waals surface area (Å²) in [6, 6.07) is 11.1. The van der Waals surface area contributed by atoms with Crippen molar-refractivity contribution in [1.82, 2.24) is 4.90 Å². The molecular formula is C22H28ClN3. The number of piperidine rings is 1. The molecule has 1 aliphatic heterocycles.